The summed E-state index contributed by atoms with van der Waals surface area (Å²) < 4.78 is 0. The van der Waals surface area contributed by atoms with E-state index >= 15 is 0 Å². The van der Waals surface area contributed by atoms with E-state index < -0.39 is 0 Å². The van der Waals surface area contributed by atoms with Crippen LogP contribution in [0.5, 0.6) is 0 Å². The Morgan fingerprint density at radius 3 is 2.30 bits per heavy atom. The number of rotatable bonds is 4. The molecule has 1 nitrogen and oxygen atoms in total. The number of hydrogen-bond donors (Lipinski definition) is 1. The average Bonchev–Trinajstić information content (AvgIpc) is 2.72. The number of benzene rings is 1. The molecule has 108 valence electrons. The van der Waals surface area contributed by atoms with E-state index in [4.69, 9.17) is 23.2 Å². The van der Waals surface area contributed by atoms with Gasteiger partial charge < -0.3 is 5.32 Å². The topological polar surface area (TPSA) is 12.0 Å². The zero-order chi connectivity index (χ0) is 14.9. The van der Waals surface area contributed by atoms with Crippen molar-refractivity contribution in [2.45, 2.75) is 33.7 Å². The second-order valence-corrected chi connectivity index (χ2v) is 6.74. The first-order valence-corrected chi connectivity index (χ1v) is 8.32. The molecule has 1 unspecified atom stereocenters. The van der Waals surface area contributed by atoms with E-state index in [-0.39, 0.29) is 6.04 Å². The molecule has 1 N–H and O–H groups in total. The highest BCUT2D eigenvalue weighted by Crippen LogP contribution is 2.38. The van der Waals surface area contributed by atoms with Crippen molar-refractivity contribution in [3.8, 4) is 0 Å². The van der Waals surface area contributed by atoms with Crippen molar-refractivity contribution in [3.05, 3.63) is 54.7 Å². The molecular weight excluding hydrogens is 309 g/mol. The third-order valence-corrected chi connectivity index (χ3v) is 5.63. The van der Waals surface area contributed by atoms with Gasteiger partial charge in [0.25, 0.3) is 0 Å². The fourth-order valence-corrected chi connectivity index (χ4v) is 3.94. The molecule has 2 aromatic rings. The van der Waals surface area contributed by atoms with E-state index in [0.717, 1.165) is 32.6 Å². The lowest BCUT2D eigenvalue weighted by atomic mass is 9.99. The molecule has 2 rings (SSSR count). The molecule has 1 heterocycles. The second kappa shape index (κ2) is 6.48. The Morgan fingerprint density at radius 1 is 1.10 bits per heavy atom. The monoisotopic (exact) mass is 327 g/mol. The molecule has 4 heteroatoms. The fraction of sp³-hybridized carbons (Fsp3) is 0.375. The molecule has 0 spiro atoms. The van der Waals surface area contributed by atoms with Gasteiger partial charge in [0.05, 0.1) is 11.1 Å². The normalized spacial score (nSPS) is 12.7. The first-order chi connectivity index (χ1) is 9.45. The zero-order valence-corrected chi connectivity index (χ0v) is 14.5. The van der Waals surface area contributed by atoms with Crippen LogP contribution in [-0.4, -0.2) is 6.54 Å². The highest BCUT2D eigenvalue weighted by molar-refractivity contribution is 7.10. The Morgan fingerprint density at radius 2 is 1.75 bits per heavy atom. The quantitative estimate of drug-likeness (QED) is 0.761. The number of nitrogens with one attached hydrogen (secondary N) is 1. The van der Waals surface area contributed by atoms with Crippen LogP contribution in [0.1, 0.15) is 40.1 Å². The summed E-state index contributed by atoms with van der Waals surface area (Å²) in [6.07, 6.45) is 0. The van der Waals surface area contributed by atoms with Crippen LogP contribution in [0.25, 0.3) is 0 Å². The Bertz CT molecular complexity index is 619. The fourth-order valence-electron chi connectivity index (χ4n) is 2.22. The SMILES string of the molecule is CCNC(c1cc(C)c(C)cc1Cl)c1scc(C)c1Cl. The van der Waals surface area contributed by atoms with Crippen LogP contribution in [0, 0.1) is 20.8 Å². The molecule has 1 aromatic carbocycles. The van der Waals surface area contributed by atoms with Crippen molar-refractivity contribution in [1.29, 1.82) is 0 Å². The number of thiophene rings is 1. The van der Waals surface area contributed by atoms with Crippen molar-refractivity contribution in [3.63, 3.8) is 0 Å². The van der Waals surface area contributed by atoms with Gasteiger partial charge in [-0.05, 0) is 61.0 Å². The first-order valence-electron chi connectivity index (χ1n) is 6.69. The molecule has 20 heavy (non-hydrogen) atoms. The van der Waals surface area contributed by atoms with Gasteiger partial charge in [0, 0.05) is 9.90 Å². The summed E-state index contributed by atoms with van der Waals surface area (Å²) in [5, 5.41) is 7.23. The predicted octanol–water partition coefficient (Wildman–Crippen LogP) is 5.68. The number of halogens is 2. The van der Waals surface area contributed by atoms with Crippen molar-refractivity contribution in [2.24, 2.45) is 0 Å². The van der Waals surface area contributed by atoms with Crippen molar-refractivity contribution < 1.29 is 0 Å². The maximum absolute atomic E-state index is 6.46. The smallest absolute Gasteiger partial charge is 0.0700 e. The third kappa shape index (κ3) is 3.04. The van der Waals surface area contributed by atoms with Crippen LogP contribution >= 0.6 is 34.5 Å². The number of hydrogen-bond acceptors (Lipinski definition) is 2. The van der Waals surface area contributed by atoms with Crippen LogP contribution in [0.15, 0.2) is 17.5 Å². The summed E-state index contributed by atoms with van der Waals surface area (Å²) >= 11 is 14.6. The molecule has 0 saturated carbocycles. The molecule has 0 radical (unpaired) electrons. The second-order valence-electron chi connectivity index (χ2n) is 5.05. The van der Waals surface area contributed by atoms with Crippen LogP contribution in [0.2, 0.25) is 10.0 Å². The lowest BCUT2D eigenvalue weighted by Gasteiger charge is -2.20. The highest BCUT2D eigenvalue weighted by Gasteiger charge is 2.22. The van der Waals surface area contributed by atoms with E-state index in [1.54, 1.807) is 11.3 Å². The molecule has 0 amide bonds. The van der Waals surface area contributed by atoms with Gasteiger partial charge >= 0.3 is 0 Å². The lowest BCUT2D eigenvalue weighted by Crippen LogP contribution is -2.22. The van der Waals surface area contributed by atoms with Gasteiger partial charge in [-0.3, -0.25) is 0 Å². The molecule has 0 aliphatic heterocycles. The van der Waals surface area contributed by atoms with Crippen molar-refractivity contribution >= 4 is 34.5 Å². The molecular formula is C16H19Cl2NS. The molecule has 0 saturated heterocycles. The van der Waals surface area contributed by atoms with Crippen LogP contribution in [0.4, 0.5) is 0 Å². The van der Waals surface area contributed by atoms with Gasteiger partial charge in [-0.2, -0.15) is 0 Å². The maximum Gasteiger partial charge on any atom is 0.0700 e. The maximum atomic E-state index is 6.46. The molecule has 0 aliphatic carbocycles. The Labute approximate surface area is 134 Å². The summed E-state index contributed by atoms with van der Waals surface area (Å²) in [6, 6.07) is 4.25. The summed E-state index contributed by atoms with van der Waals surface area (Å²) in [5.41, 5.74) is 4.68. The molecule has 0 aliphatic rings. The molecule has 0 bridgehead atoms. The van der Waals surface area contributed by atoms with Crippen LogP contribution in [0.3, 0.4) is 0 Å². The largest absolute Gasteiger partial charge is 0.306 e. The van der Waals surface area contributed by atoms with Crippen molar-refractivity contribution in [1.82, 2.24) is 5.32 Å². The first kappa shape index (κ1) is 15.8. The molecule has 1 atom stereocenters. The molecule has 0 fully saturated rings. The van der Waals surface area contributed by atoms with Crippen LogP contribution < -0.4 is 5.32 Å². The summed E-state index contributed by atoms with van der Waals surface area (Å²) in [6.45, 7) is 9.18. The Balaban J connectivity index is 2.54. The highest BCUT2D eigenvalue weighted by atomic mass is 35.5. The van der Waals surface area contributed by atoms with Gasteiger partial charge in [-0.1, -0.05) is 36.2 Å². The van der Waals surface area contributed by atoms with Gasteiger partial charge in [-0.15, -0.1) is 11.3 Å². The van der Waals surface area contributed by atoms with E-state index in [1.165, 1.54) is 11.1 Å². The zero-order valence-electron chi connectivity index (χ0n) is 12.2. The van der Waals surface area contributed by atoms with Crippen LogP contribution in [-0.2, 0) is 0 Å². The Kier molecular flexibility index (Phi) is 5.14. The minimum absolute atomic E-state index is 0.0537. The van der Waals surface area contributed by atoms with Gasteiger partial charge in [0.1, 0.15) is 0 Å². The number of aryl methyl sites for hydroxylation is 3. The Hall–Kier alpha value is -0.540. The van der Waals surface area contributed by atoms with Gasteiger partial charge in [0.2, 0.25) is 0 Å². The van der Waals surface area contributed by atoms with E-state index in [1.807, 2.05) is 13.0 Å². The standard InChI is InChI=1S/C16H19Cl2NS/c1-5-19-15(16-14(18)11(4)8-20-16)12-6-9(2)10(3)7-13(12)17/h6-8,15,19H,5H2,1-4H3. The summed E-state index contributed by atoms with van der Waals surface area (Å²) in [4.78, 5) is 1.14. The lowest BCUT2D eigenvalue weighted by molar-refractivity contribution is 0.639. The third-order valence-electron chi connectivity index (χ3n) is 3.52. The van der Waals surface area contributed by atoms with E-state index in [2.05, 4.69) is 37.5 Å². The van der Waals surface area contributed by atoms with Crippen molar-refractivity contribution in [2.75, 3.05) is 6.54 Å². The van der Waals surface area contributed by atoms with E-state index in [0.29, 0.717) is 0 Å². The summed E-state index contributed by atoms with van der Waals surface area (Å²) in [5.74, 6) is 0. The predicted molar refractivity (Wildman–Crippen MR) is 90.5 cm³/mol. The minimum Gasteiger partial charge on any atom is -0.306 e. The molecule has 1 aromatic heterocycles. The van der Waals surface area contributed by atoms with Gasteiger partial charge in [0.15, 0.2) is 0 Å². The minimum atomic E-state index is 0.0537. The van der Waals surface area contributed by atoms with Gasteiger partial charge in [-0.25, -0.2) is 0 Å². The van der Waals surface area contributed by atoms with E-state index in [9.17, 15) is 0 Å². The summed E-state index contributed by atoms with van der Waals surface area (Å²) in [7, 11) is 0. The average molecular weight is 328 g/mol.